The fourth-order valence-electron chi connectivity index (χ4n) is 9.08. The van der Waals surface area contributed by atoms with Crippen molar-refractivity contribution in [2.75, 3.05) is 13.2 Å². The molecular formula is C60H116O6. The monoisotopic (exact) mass is 933 g/mol. The third-order valence-electron chi connectivity index (χ3n) is 14.7. The lowest BCUT2D eigenvalue weighted by Crippen LogP contribution is -2.30. The zero-order chi connectivity index (χ0) is 48.4. The summed E-state index contributed by atoms with van der Waals surface area (Å²) >= 11 is 0. The molecule has 0 saturated heterocycles. The molecule has 0 aromatic carbocycles. The predicted molar refractivity (Wildman–Crippen MR) is 284 cm³/mol. The molecule has 0 aliphatic carbocycles. The maximum atomic E-state index is 12.8. The molecule has 4 atom stereocenters. The summed E-state index contributed by atoms with van der Waals surface area (Å²) in [5, 5.41) is 0. The molecule has 0 rings (SSSR count). The van der Waals surface area contributed by atoms with Gasteiger partial charge in [-0.3, -0.25) is 14.4 Å². The van der Waals surface area contributed by atoms with Crippen molar-refractivity contribution in [3.8, 4) is 0 Å². The first-order chi connectivity index (χ1) is 32.2. The maximum absolute atomic E-state index is 12.8. The highest BCUT2D eigenvalue weighted by Gasteiger charge is 2.19. The fourth-order valence-corrected chi connectivity index (χ4v) is 9.08. The molecule has 392 valence electrons. The normalized spacial score (nSPS) is 13.4. The highest BCUT2D eigenvalue weighted by atomic mass is 16.6. The van der Waals surface area contributed by atoms with Gasteiger partial charge >= 0.3 is 17.9 Å². The van der Waals surface area contributed by atoms with Crippen LogP contribution >= 0.6 is 0 Å². The van der Waals surface area contributed by atoms with Gasteiger partial charge in [0.05, 0.1) is 0 Å². The Morgan fingerprint density at radius 3 is 0.712 bits per heavy atom. The van der Waals surface area contributed by atoms with Crippen LogP contribution in [0.15, 0.2) is 0 Å². The first kappa shape index (κ1) is 64.4. The molecule has 3 unspecified atom stereocenters. The van der Waals surface area contributed by atoms with E-state index in [9.17, 15) is 14.4 Å². The number of esters is 3. The highest BCUT2D eigenvalue weighted by molar-refractivity contribution is 5.71. The molecule has 0 bridgehead atoms. The van der Waals surface area contributed by atoms with Crippen molar-refractivity contribution in [3.63, 3.8) is 0 Å². The Labute approximate surface area is 412 Å². The van der Waals surface area contributed by atoms with E-state index >= 15 is 0 Å². The molecule has 0 saturated carbocycles. The van der Waals surface area contributed by atoms with E-state index in [1.54, 1.807) is 0 Å². The van der Waals surface area contributed by atoms with Gasteiger partial charge in [-0.2, -0.15) is 0 Å². The third kappa shape index (κ3) is 48.9. The van der Waals surface area contributed by atoms with Gasteiger partial charge < -0.3 is 14.2 Å². The van der Waals surface area contributed by atoms with Crippen LogP contribution in [0.5, 0.6) is 0 Å². The number of rotatable bonds is 53. The van der Waals surface area contributed by atoms with Gasteiger partial charge in [-0.25, -0.2) is 0 Å². The minimum absolute atomic E-state index is 0.0639. The van der Waals surface area contributed by atoms with Gasteiger partial charge in [0, 0.05) is 19.3 Å². The zero-order valence-electron chi connectivity index (χ0n) is 45.5. The van der Waals surface area contributed by atoms with Crippen molar-refractivity contribution in [2.24, 2.45) is 17.8 Å². The number of unbranched alkanes of at least 4 members (excludes halogenated alkanes) is 33. The second-order valence-electron chi connectivity index (χ2n) is 21.4. The van der Waals surface area contributed by atoms with E-state index in [-0.39, 0.29) is 31.1 Å². The largest absolute Gasteiger partial charge is 0.462 e. The van der Waals surface area contributed by atoms with Gasteiger partial charge in [-0.15, -0.1) is 0 Å². The van der Waals surface area contributed by atoms with Crippen LogP contribution < -0.4 is 0 Å². The lowest BCUT2D eigenvalue weighted by molar-refractivity contribution is -0.167. The summed E-state index contributed by atoms with van der Waals surface area (Å²) < 4.78 is 16.9. The summed E-state index contributed by atoms with van der Waals surface area (Å²) in [5.41, 5.74) is 0. The lowest BCUT2D eigenvalue weighted by Gasteiger charge is -2.18. The summed E-state index contributed by atoms with van der Waals surface area (Å²) in [5.74, 6) is 1.78. The molecule has 6 heteroatoms. The van der Waals surface area contributed by atoms with E-state index in [1.807, 2.05) is 0 Å². The zero-order valence-corrected chi connectivity index (χ0v) is 45.5. The van der Waals surface area contributed by atoms with E-state index in [0.29, 0.717) is 19.3 Å². The predicted octanol–water partition coefficient (Wildman–Crippen LogP) is 19.5. The number of hydrogen-bond acceptors (Lipinski definition) is 6. The first-order valence-electron chi connectivity index (χ1n) is 29.7. The smallest absolute Gasteiger partial charge is 0.306 e. The van der Waals surface area contributed by atoms with Crippen molar-refractivity contribution >= 4 is 17.9 Å². The number of carbonyl (C=O) groups excluding carboxylic acids is 3. The molecule has 0 fully saturated rings. The Kier molecular flexibility index (Phi) is 50.0. The van der Waals surface area contributed by atoms with Crippen molar-refractivity contribution < 1.29 is 28.6 Å². The topological polar surface area (TPSA) is 78.9 Å². The van der Waals surface area contributed by atoms with Gasteiger partial charge in [0.25, 0.3) is 0 Å². The molecule has 0 N–H and O–H groups in total. The Balaban J connectivity index is 4.24. The van der Waals surface area contributed by atoms with E-state index in [4.69, 9.17) is 14.2 Å². The Bertz CT molecular complexity index is 1030. The highest BCUT2D eigenvalue weighted by Crippen LogP contribution is 2.19. The molecule has 0 amide bonds. The van der Waals surface area contributed by atoms with Crippen LogP contribution in [0.3, 0.4) is 0 Å². The number of hydrogen-bond donors (Lipinski definition) is 0. The molecule has 0 aromatic heterocycles. The molecule has 6 nitrogen and oxygen atoms in total. The average Bonchev–Trinajstić information content (AvgIpc) is 3.32. The first-order valence-corrected chi connectivity index (χ1v) is 29.7. The minimum atomic E-state index is -0.764. The van der Waals surface area contributed by atoms with Crippen LogP contribution in [0.4, 0.5) is 0 Å². The average molecular weight is 934 g/mol. The van der Waals surface area contributed by atoms with Gasteiger partial charge in [0.15, 0.2) is 6.10 Å². The van der Waals surface area contributed by atoms with E-state index in [2.05, 4.69) is 41.5 Å². The lowest BCUT2D eigenvalue weighted by atomic mass is 9.99. The maximum Gasteiger partial charge on any atom is 0.306 e. The van der Waals surface area contributed by atoms with Crippen LogP contribution in [0.25, 0.3) is 0 Å². The van der Waals surface area contributed by atoms with Crippen LogP contribution in [-0.4, -0.2) is 37.2 Å². The van der Waals surface area contributed by atoms with Gasteiger partial charge in [-0.05, 0) is 37.0 Å². The van der Waals surface area contributed by atoms with E-state index < -0.39 is 6.10 Å². The molecule has 0 heterocycles. The Morgan fingerprint density at radius 1 is 0.288 bits per heavy atom. The second kappa shape index (κ2) is 51.3. The number of ether oxygens (including phenoxy) is 3. The van der Waals surface area contributed by atoms with Crippen LogP contribution in [0.1, 0.15) is 330 Å². The Hall–Kier alpha value is -1.59. The van der Waals surface area contributed by atoms with Crippen LogP contribution in [0.2, 0.25) is 0 Å². The molecule has 0 aromatic rings. The molecule has 0 aliphatic rings. The molecule has 66 heavy (non-hydrogen) atoms. The minimum Gasteiger partial charge on any atom is -0.462 e. The summed E-state index contributed by atoms with van der Waals surface area (Å²) in [4.78, 5) is 38.1. The standard InChI is InChI=1S/C60H116O6/c1-7-54(4)46-40-34-28-22-18-16-14-12-10-11-13-15-17-19-24-31-37-43-49-58(61)64-52-57(53-65-59(62)50-44-38-32-27-26-30-36-42-48-56(6)9-3)66-60(63)51-45-39-33-25-21-20-23-29-35-41-47-55(5)8-2/h54-57H,7-53H2,1-6H3/t54?,55?,56?,57-/m1/s1. The molecule has 0 radical (unpaired) electrons. The van der Waals surface area contributed by atoms with Crippen LogP contribution in [0, 0.1) is 17.8 Å². The van der Waals surface area contributed by atoms with Crippen molar-refractivity contribution in [3.05, 3.63) is 0 Å². The molecule has 0 spiro atoms. The van der Waals surface area contributed by atoms with Crippen molar-refractivity contribution in [2.45, 2.75) is 337 Å². The van der Waals surface area contributed by atoms with Crippen LogP contribution in [-0.2, 0) is 28.6 Å². The van der Waals surface area contributed by atoms with E-state index in [0.717, 1.165) is 75.5 Å². The fraction of sp³-hybridized carbons (Fsp3) is 0.950. The van der Waals surface area contributed by atoms with Crippen molar-refractivity contribution in [1.29, 1.82) is 0 Å². The summed E-state index contributed by atoms with van der Waals surface area (Å²) in [6.07, 6.45) is 53.7. The molecule has 0 aliphatic heterocycles. The summed E-state index contributed by atoms with van der Waals surface area (Å²) in [6.45, 7) is 13.8. The molecular weight excluding hydrogens is 817 g/mol. The Morgan fingerprint density at radius 2 is 0.485 bits per heavy atom. The van der Waals surface area contributed by atoms with Gasteiger partial charge in [-0.1, -0.05) is 292 Å². The second-order valence-corrected chi connectivity index (χ2v) is 21.4. The SMILES string of the molecule is CCC(C)CCCCCCCCCCCCCCCCCCCCC(=O)OC[C@H](COC(=O)CCCCCCCCCCC(C)CC)OC(=O)CCCCCCCCCCCCC(C)CC. The van der Waals surface area contributed by atoms with E-state index in [1.165, 1.54) is 212 Å². The third-order valence-corrected chi connectivity index (χ3v) is 14.7. The summed E-state index contributed by atoms with van der Waals surface area (Å²) in [7, 11) is 0. The van der Waals surface area contributed by atoms with Gasteiger partial charge in [0.1, 0.15) is 13.2 Å². The van der Waals surface area contributed by atoms with Gasteiger partial charge in [0.2, 0.25) is 0 Å². The number of carbonyl (C=O) groups is 3. The summed E-state index contributed by atoms with van der Waals surface area (Å²) in [6, 6.07) is 0. The quantitative estimate of drug-likeness (QED) is 0.0343. The van der Waals surface area contributed by atoms with Crippen molar-refractivity contribution in [1.82, 2.24) is 0 Å².